The van der Waals surface area contributed by atoms with Crippen LogP contribution in [0.5, 0.6) is 0 Å². The second-order valence-corrected chi connectivity index (χ2v) is 11.0. The Balaban J connectivity index is 1.49. The molecule has 4 unspecified atom stereocenters. The third-order valence-corrected chi connectivity index (χ3v) is 7.54. The first-order valence-corrected chi connectivity index (χ1v) is 15.0. The minimum Gasteiger partial charge on any atom is -0.480 e. The summed E-state index contributed by atoms with van der Waals surface area (Å²) in [6.45, 7) is 0. The summed E-state index contributed by atoms with van der Waals surface area (Å²) < 4.78 is 0. The summed E-state index contributed by atoms with van der Waals surface area (Å²) in [7, 11) is 0. The number of amides is 3. The third-order valence-electron chi connectivity index (χ3n) is 6.90. The average Bonchev–Trinajstić information content (AvgIpc) is 3.78. The minimum absolute atomic E-state index is 0.0112. The lowest BCUT2D eigenvalue weighted by Crippen LogP contribution is -2.58. The smallest absolute Gasteiger partial charge is 0.326 e. The number of carboxylic acids is 1. The Morgan fingerprint density at radius 3 is 2.00 bits per heavy atom. The fraction of sp³-hybridized carbons (Fsp3) is 0.357. The Kier molecular flexibility index (Phi) is 10.9. The summed E-state index contributed by atoms with van der Waals surface area (Å²) in [5.41, 5.74) is 9.17. The molecule has 0 radical (unpaired) electrons. The van der Waals surface area contributed by atoms with Crippen molar-refractivity contribution in [3.63, 3.8) is 0 Å². The number of carbonyl (C=O) groups is 4. The maximum Gasteiger partial charge on any atom is 0.326 e. The Hall–Kier alpha value is -4.63. The maximum absolute atomic E-state index is 13.6. The Labute approximate surface area is 251 Å². The van der Waals surface area contributed by atoms with Gasteiger partial charge in [-0.25, -0.2) is 14.8 Å². The quantitative estimate of drug-likeness (QED) is 0.0871. The average molecular weight is 610 g/mol. The van der Waals surface area contributed by atoms with E-state index in [1.807, 2.05) is 30.5 Å². The highest BCUT2D eigenvalue weighted by Crippen LogP contribution is 2.19. The van der Waals surface area contributed by atoms with Crippen LogP contribution in [-0.4, -0.2) is 89.9 Å². The highest BCUT2D eigenvalue weighted by molar-refractivity contribution is 7.98. The van der Waals surface area contributed by atoms with Crippen LogP contribution in [0.2, 0.25) is 0 Å². The van der Waals surface area contributed by atoms with Gasteiger partial charge < -0.3 is 41.7 Å². The van der Waals surface area contributed by atoms with Crippen LogP contribution >= 0.6 is 11.8 Å². The number of carboxylic acid groups (broad SMARTS) is 1. The summed E-state index contributed by atoms with van der Waals surface area (Å²) in [5.74, 6) is -2.55. The van der Waals surface area contributed by atoms with E-state index < -0.39 is 47.9 Å². The predicted molar refractivity (Wildman–Crippen MR) is 161 cm³/mol. The van der Waals surface area contributed by atoms with Crippen molar-refractivity contribution in [3.05, 3.63) is 72.5 Å². The molecule has 0 bridgehead atoms. The zero-order chi connectivity index (χ0) is 30.8. The Bertz CT molecular complexity index is 1510. The van der Waals surface area contributed by atoms with Gasteiger partial charge in [0.25, 0.3) is 0 Å². The predicted octanol–water partition coefficient (Wildman–Crippen LogP) is 0.261. The molecular weight excluding hydrogens is 574 g/mol. The van der Waals surface area contributed by atoms with Gasteiger partial charge in [-0.15, -0.1) is 0 Å². The van der Waals surface area contributed by atoms with Crippen molar-refractivity contribution in [1.82, 2.24) is 40.9 Å². The zero-order valence-corrected chi connectivity index (χ0v) is 24.3. The summed E-state index contributed by atoms with van der Waals surface area (Å²) in [4.78, 5) is 68.8. The molecule has 4 atom stereocenters. The van der Waals surface area contributed by atoms with Crippen LogP contribution in [0.15, 0.2) is 55.5 Å². The van der Waals surface area contributed by atoms with Gasteiger partial charge in [-0.05, 0) is 36.5 Å². The normalized spacial score (nSPS) is 14.0. The van der Waals surface area contributed by atoms with Gasteiger partial charge in [0.2, 0.25) is 17.7 Å². The molecule has 0 aliphatic carbocycles. The molecule has 0 fully saturated rings. The fourth-order valence-electron chi connectivity index (χ4n) is 4.60. The number of nitrogens with one attached hydrogen (secondary N) is 6. The lowest BCUT2D eigenvalue weighted by atomic mass is 10.0. The molecule has 43 heavy (non-hydrogen) atoms. The van der Waals surface area contributed by atoms with Gasteiger partial charge in [0, 0.05) is 53.7 Å². The molecule has 15 heteroatoms. The maximum atomic E-state index is 13.6. The summed E-state index contributed by atoms with van der Waals surface area (Å²) >= 11 is 1.45. The van der Waals surface area contributed by atoms with Crippen molar-refractivity contribution in [1.29, 1.82) is 0 Å². The van der Waals surface area contributed by atoms with Crippen molar-refractivity contribution in [3.8, 4) is 0 Å². The molecule has 14 nitrogen and oxygen atoms in total. The van der Waals surface area contributed by atoms with Gasteiger partial charge in [-0.2, -0.15) is 11.8 Å². The first kappa shape index (κ1) is 31.3. The molecule has 0 saturated heterocycles. The highest BCUT2D eigenvalue weighted by atomic mass is 32.2. The monoisotopic (exact) mass is 609 g/mol. The number of hydrogen-bond acceptors (Lipinski definition) is 8. The van der Waals surface area contributed by atoms with Crippen LogP contribution in [0.3, 0.4) is 0 Å². The van der Waals surface area contributed by atoms with Gasteiger partial charge >= 0.3 is 5.97 Å². The molecular formula is C28H35N9O5S. The first-order chi connectivity index (χ1) is 20.7. The molecule has 0 aliphatic heterocycles. The number of nitrogens with two attached hydrogens (primary N) is 1. The van der Waals surface area contributed by atoms with E-state index in [4.69, 9.17) is 5.73 Å². The summed E-state index contributed by atoms with van der Waals surface area (Å²) in [6, 6.07) is 3.27. The zero-order valence-electron chi connectivity index (χ0n) is 23.5. The molecule has 3 aromatic heterocycles. The fourth-order valence-corrected chi connectivity index (χ4v) is 5.07. The largest absolute Gasteiger partial charge is 0.480 e. The van der Waals surface area contributed by atoms with Gasteiger partial charge in [0.15, 0.2) is 0 Å². The highest BCUT2D eigenvalue weighted by Gasteiger charge is 2.31. The van der Waals surface area contributed by atoms with Crippen LogP contribution in [0.25, 0.3) is 10.9 Å². The van der Waals surface area contributed by atoms with Gasteiger partial charge in [-0.3, -0.25) is 14.4 Å². The number of imidazole rings is 2. The number of rotatable bonds is 16. The second-order valence-electron chi connectivity index (χ2n) is 10.0. The molecule has 3 heterocycles. The molecule has 1 aromatic carbocycles. The summed E-state index contributed by atoms with van der Waals surface area (Å²) in [6.07, 6.45) is 10.0. The van der Waals surface area contributed by atoms with Gasteiger partial charge in [-0.1, -0.05) is 18.2 Å². The van der Waals surface area contributed by atoms with Crippen LogP contribution in [0, 0.1) is 0 Å². The number of thioether (sulfide) groups is 1. The third kappa shape index (κ3) is 8.68. The molecule has 0 saturated carbocycles. The van der Waals surface area contributed by atoms with Crippen molar-refractivity contribution in [2.24, 2.45) is 5.73 Å². The molecule has 4 aromatic rings. The van der Waals surface area contributed by atoms with Crippen molar-refractivity contribution in [2.45, 2.75) is 49.9 Å². The van der Waals surface area contributed by atoms with Crippen molar-refractivity contribution < 1.29 is 24.3 Å². The number of fused-ring (bicyclic) bond motifs is 1. The first-order valence-electron chi connectivity index (χ1n) is 13.6. The van der Waals surface area contributed by atoms with E-state index in [-0.39, 0.29) is 25.7 Å². The van der Waals surface area contributed by atoms with E-state index in [9.17, 15) is 24.3 Å². The van der Waals surface area contributed by atoms with E-state index in [2.05, 4.69) is 40.9 Å². The topological polar surface area (TPSA) is 224 Å². The van der Waals surface area contributed by atoms with E-state index in [0.29, 0.717) is 17.1 Å². The number of carbonyl (C=O) groups excluding carboxylic acids is 3. The lowest BCUT2D eigenvalue weighted by molar-refractivity contribution is -0.142. The number of aliphatic carboxylic acids is 1. The number of aromatic nitrogens is 5. The molecule has 4 rings (SSSR count). The number of para-hydroxylation sites is 1. The number of nitrogens with zero attached hydrogens (tertiary/aromatic N) is 2. The van der Waals surface area contributed by atoms with E-state index in [0.717, 1.165) is 16.5 Å². The SMILES string of the molecule is CSCCC(NC(=O)C(Cc1cnc[nH]1)NC(=O)C(Cc1cnc[nH]1)NC(=O)C(N)Cc1c[nH]c2ccccc12)C(=O)O. The van der Waals surface area contributed by atoms with E-state index in [1.165, 1.54) is 36.8 Å². The number of aromatic amines is 3. The number of benzene rings is 1. The van der Waals surface area contributed by atoms with Crippen LogP contribution in [0.4, 0.5) is 0 Å². The second kappa shape index (κ2) is 15.0. The minimum atomic E-state index is -1.18. The molecule has 3 amide bonds. The molecule has 0 spiro atoms. The summed E-state index contributed by atoms with van der Waals surface area (Å²) in [5, 5.41) is 18.5. The van der Waals surface area contributed by atoms with Gasteiger partial charge in [0.1, 0.15) is 18.1 Å². The van der Waals surface area contributed by atoms with Crippen molar-refractivity contribution in [2.75, 3.05) is 12.0 Å². The van der Waals surface area contributed by atoms with Crippen LogP contribution < -0.4 is 21.7 Å². The number of hydrogen-bond donors (Lipinski definition) is 8. The van der Waals surface area contributed by atoms with Crippen LogP contribution in [-0.2, 0) is 38.4 Å². The Morgan fingerprint density at radius 1 is 0.860 bits per heavy atom. The molecule has 9 N–H and O–H groups in total. The lowest BCUT2D eigenvalue weighted by Gasteiger charge is -2.25. The Morgan fingerprint density at radius 2 is 1.44 bits per heavy atom. The molecule has 0 aliphatic rings. The van der Waals surface area contributed by atoms with Gasteiger partial charge in [0.05, 0.1) is 18.7 Å². The standard InChI is InChI=1S/C28H35N9O5S/c1-43-7-6-22(28(41)42)35-26(39)24(10-18-13-31-15-34-18)37-27(40)23(9-17-12-30-14-33-17)36-25(38)20(29)8-16-11-32-21-5-3-2-4-19(16)21/h2-5,11-15,20,22-24,32H,6-10,29H2,1H3,(H,30,33)(H,31,34)(H,35,39)(H,36,38)(H,37,40)(H,41,42). The van der Waals surface area contributed by atoms with E-state index >= 15 is 0 Å². The molecule has 228 valence electrons. The van der Waals surface area contributed by atoms with E-state index in [1.54, 1.807) is 6.20 Å². The van der Waals surface area contributed by atoms with Crippen LogP contribution in [0.1, 0.15) is 23.4 Å². The van der Waals surface area contributed by atoms with Crippen molar-refractivity contribution >= 4 is 46.4 Å². The number of H-pyrrole nitrogens is 3.